The predicted octanol–water partition coefficient (Wildman–Crippen LogP) is 0.698. The number of nitrogen functional groups attached to an aromatic ring is 1. The third-order valence-electron chi connectivity index (χ3n) is 3.34. The number of carbonyl (C=O) groups excluding carboxylic acids is 1. The fourth-order valence-electron chi connectivity index (χ4n) is 2.33. The van der Waals surface area contributed by atoms with Crippen LogP contribution in [0.15, 0.2) is 12.1 Å². The predicted molar refractivity (Wildman–Crippen MR) is 71.1 cm³/mol. The second kappa shape index (κ2) is 6.29. The number of hydrogen-bond donors (Lipinski definition) is 3. The molecule has 1 aliphatic rings. The van der Waals surface area contributed by atoms with Gasteiger partial charge in [-0.25, -0.2) is 5.84 Å². The van der Waals surface area contributed by atoms with Gasteiger partial charge in [-0.05, 0) is 31.5 Å². The van der Waals surface area contributed by atoms with E-state index < -0.39 is 0 Å². The molecule has 1 atom stereocenters. The molecule has 100 valence electrons. The highest BCUT2D eigenvalue weighted by atomic mass is 32.1. The highest BCUT2D eigenvalue weighted by Crippen LogP contribution is 2.23. The SMILES string of the molecule is NNC(=O)c1ccc(CN2CCCCC2CO)s1. The van der Waals surface area contributed by atoms with Crippen LogP contribution < -0.4 is 11.3 Å². The summed E-state index contributed by atoms with van der Waals surface area (Å²) in [5, 5.41) is 9.35. The average Bonchev–Trinajstić information content (AvgIpc) is 2.87. The number of thiophene rings is 1. The number of nitrogens with zero attached hydrogens (tertiary/aromatic N) is 1. The molecule has 4 N–H and O–H groups in total. The molecule has 0 spiro atoms. The minimum absolute atomic E-state index is 0.210. The summed E-state index contributed by atoms with van der Waals surface area (Å²) in [6, 6.07) is 4.01. The standard InChI is InChI=1S/C12H19N3O2S/c13-14-12(17)11-5-4-10(18-11)7-15-6-2-1-3-9(15)8-16/h4-5,9,16H,1-3,6-8,13H2,(H,14,17). The van der Waals surface area contributed by atoms with Gasteiger partial charge in [0.25, 0.3) is 5.91 Å². The summed E-state index contributed by atoms with van der Waals surface area (Å²) in [6.45, 7) is 2.02. The van der Waals surface area contributed by atoms with Gasteiger partial charge < -0.3 is 5.11 Å². The molecule has 0 radical (unpaired) electrons. The van der Waals surface area contributed by atoms with E-state index in [0.717, 1.165) is 24.4 Å². The summed E-state index contributed by atoms with van der Waals surface area (Å²) in [4.78, 5) is 15.4. The molecule has 2 heterocycles. The first-order valence-corrected chi connectivity index (χ1v) is 7.01. The van der Waals surface area contributed by atoms with Crippen LogP contribution in [0, 0.1) is 0 Å². The van der Waals surface area contributed by atoms with E-state index in [4.69, 9.17) is 5.84 Å². The molecule has 6 heteroatoms. The molecule has 18 heavy (non-hydrogen) atoms. The first-order valence-electron chi connectivity index (χ1n) is 6.19. The van der Waals surface area contributed by atoms with Gasteiger partial charge in [-0.15, -0.1) is 11.3 Å². The van der Waals surface area contributed by atoms with Gasteiger partial charge in [0.1, 0.15) is 0 Å². The lowest BCUT2D eigenvalue weighted by atomic mass is 10.0. The normalized spacial score (nSPS) is 20.9. The quantitative estimate of drug-likeness (QED) is 0.427. The average molecular weight is 269 g/mol. The van der Waals surface area contributed by atoms with Gasteiger partial charge in [-0.1, -0.05) is 6.42 Å². The van der Waals surface area contributed by atoms with Crippen LogP contribution in [0.5, 0.6) is 0 Å². The topological polar surface area (TPSA) is 78.6 Å². The van der Waals surface area contributed by atoms with E-state index in [1.54, 1.807) is 6.07 Å². The molecule has 0 saturated carbocycles. The Labute approximate surface area is 111 Å². The van der Waals surface area contributed by atoms with Crippen molar-refractivity contribution in [2.75, 3.05) is 13.2 Å². The second-order valence-electron chi connectivity index (χ2n) is 4.54. The van der Waals surface area contributed by atoms with Crippen molar-refractivity contribution < 1.29 is 9.90 Å². The van der Waals surface area contributed by atoms with Gasteiger partial charge in [0.05, 0.1) is 11.5 Å². The maximum Gasteiger partial charge on any atom is 0.275 e. The summed E-state index contributed by atoms with van der Waals surface area (Å²) in [7, 11) is 0. The second-order valence-corrected chi connectivity index (χ2v) is 5.71. The minimum atomic E-state index is -0.247. The van der Waals surface area contributed by atoms with Gasteiger partial charge in [0, 0.05) is 17.5 Å². The number of likely N-dealkylation sites (tertiary alicyclic amines) is 1. The number of amides is 1. The van der Waals surface area contributed by atoms with Crippen molar-refractivity contribution in [3.05, 3.63) is 21.9 Å². The van der Waals surface area contributed by atoms with Crippen LogP contribution in [0.3, 0.4) is 0 Å². The molecular weight excluding hydrogens is 250 g/mol. The monoisotopic (exact) mass is 269 g/mol. The molecule has 1 aromatic rings. The zero-order valence-corrected chi connectivity index (χ0v) is 11.1. The van der Waals surface area contributed by atoms with Crippen LogP contribution in [0.1, 0.15) is 33.8 Å². The van der Waals surface area contributed by atoms with Gasteiger partial charge in [-0.3, -0.25) is 15.1 Å². The Bertz CT molecular complexity index is 408. The van der Waals surface area contributed by atoms with E-state index in [0.29, 0.717) is 4.88 Å². The van der Waals surface area contributed by atoms with Crippen molar-refractivity contribution >= 4 is 17.2 Å². The van der Waals surface area contributed by atoms with Gasteiger partial charge in [0.15, 0.2) is 0 Å². The summed E-state index contributed by atoms with van der Waals surface area (Å²) in [6.07, 6.45) is 3.42. The van der Waals surface area contributed by atoms with Crippen molar-refractivity contribution in [2.24, 2.45) is 5.84 Å². The molecular formula is C12H19N3O2S. The Morgan fingerprint density at radius 2 is 2.39 bits per heavy atom. The fourth-order valence-corrected chi connectivity index (χ4v) is 3.27. The smallest absolute Gasteiger partial charge is 0.275 e. The maximum atomic E-state index is 11.4. The Kier molecular flexibility index (Phi) is 4.71. The van der Waals surface area contributed by atoms with Crippen LogP contribution in [0.2, 0.25) is 0 Å². The fraction of sp³-hybridized carbons (Fsp3) is 0.583. The van der Waals surface area contributed by atoms with Crippen LogP contribution in [-0.2, 0) is 6.54 Å². The molecule has 1 amide bonds. The number of nitrogens with two attached hydrogens (primary N) is 1. The zero-order chi connectivity index (χ0) is 13.0. The number of piperidine rings is 1. The Morgan fingerprint density at radius 1 is 1.56 bits per heavy atom. The third-order valence-corrected chi connectivity index (χ3v) is 4.40. The first kappa shape index (κ1) is 13.5. The molecule has 1 unspecified atom stereocenters. The van der Waals surface area contributed by atoms with E-state index in [2.05, 4.69) is 10.3 Å². The summed E-state index contributed by atoms with van der Waals surface area (Å²) >= 11 is 1.46. The summed E-state index contributed by atoms with van der Waals surface area (Å²) in [5.41, 5.74) is 2.14. The molecule has 0 aromatic carbocycles. The molecule has 1 saturated heterocycles. The van der Waals surface area contributed by atoms with E-state index in [-0.39, 0.29) is 18.6 Å². The summed E-state index contributed by atoms with van der Waals surface area (Å²) < 4.78 is 0. The molecule has 5 nitrogen and oxygen atoms in total. The number of hydrogen-bond acceptors (Lipinski definition) is 5. The molecule has 1 aliphatic heterocycles. The lowest BCUT2D eigenvalue weighted by molar-refractivity contribution is 0.0849. The molecule has 1 aromatic heterocycles. The van der Waals surface area contributed by atoms with Crippen molar-refractivity contribution in [1.82, 2.24) is 10.3 Å². The van der Waals surface area contributed by atoms with E-state index in [9.17, 15) is 9.90 Å². The van der Waals surface area contributed by atoms with Crippen LogP contribution in [0.4, 0.5) is 0 Å². The highest BCUT2D eigenvalue weighted by Gasteiger charge is 2.22. The van der Waals surface area contributed by atoms with Crippen molar-refractivity contribution in [2.45, 2.75) is 31.8 Å². The van der Waals surface area contributed by atoms with E-state index in [1.165, 1.54) is 24.2 Å². The zero-order valence-electron chi connectivity index (χ0n) is 10.3. The Morgan fingerprint density at radius 3 is 3.11 bits per heavy atom. The first-order chi connectivity index (χ1) is 8.74. The van der Waals surface area contributed by atoms with Gasteiger partial charge >= 0.3 is 0 Å². The number of aliphatic hydroxyl groups is 1. The highest BCUT2D eigenvalue weighted by molar-refractivity contribution is 7.14. The molecule has 0 aliphatic carbocycles. The van der Waals surface area contributed by atoms with Crippen LogP contribution in [0.25, 0.3) is 0 Å². The van der Waals surface area contributed by atoms with Crippen molar-refractivity contribution in [1.29, 1.82) is 0 Å². The largest absolute Gasteiger partial charge is 0.395 e. The number of rotatable bonds is 4. The van der Waals surface area contributed by atoms with Gasteiger partial charge in [-0.2, -0.15) is 0 Å². The van der Waals surface area contributed by atoms with Crippen LogP contribution in [-0.4, -0.2) is 35.1 Å². The van der Waals surface area contributed by atoms with E-state index in [1.807, 2.05) is 6.07 Å². The number of nitrogens with one attached hydrogen (secondary N) is 1. The molecule has 2 rings (SSSR count). The lowest BCUT2D eigenvalue weighted by Crippen LogP contribution is -2.40. The molecule has 0 bridgehead atoms. The van der Waals surface area contributed by atoms with E-state index >= 15 is 0 Å². The van der Waals surface area contributed by atoms with Gasteiger partial charge in [0.2, 0.25) is 0 Å². The third kappa shape index (κ3) is 3.08. The number of hydrazine groups is 1. The van der Waals surface area contributed by atoms with Crippen molar-refractivity contribution in [3.63, 3.8) is 0 Å². The van der Waals surface area contributed by atoms with Crippen molar-refractivity contribution in [3.8, 4) is 0 Å². The number of carbonyl (C=O) groups is 1. The number of aliphatic hydroxyl groups excluding tert-OH is 1. The minimum Gasteiger partial charge on any atom is -0.395 e. The maximum absolute atomic E-state index is 11.4. The van der Waals surface area contributed by atoms with Crippen LogP contribution >= 0.6 is 11.3 Å². The Balaban J connectivity index is 1.99. The lowest BCUT2D eigenvalue weighted by Gasteiger charge is -2.34. The Hall–Kier alpha value is -0.950. The summed E-state index contributed by atoms with van der Waals surface area (Å²) in [5.74, 6) is 4.86. The molecule has 1 fully saturated rings.